The molecule has 0 fully saturated rings. The van der Waals surface area contributed by atoms with Crippen molar-refractivity contribution in [3.8, 4) is 0 Å². The number of aromatic nitrogens is 1. The van der Waals surface area contributed by atoms with Crippen LogP contribution in [-0.4, -0.2) is 16.1 Å². The van der Waals surface area contributed by atoms with E-state index < -0.39 is 23.3 Å². The molecule has 0 saturated heterocycles. The number of carboxylic acid groups (broad SMARTS) is 1. The minimum absolute atomic E-state index is 0.403. The zero-order valence-corrected chi connectivity index (χ0v) is 10.8. The standard InChI is InChI=1S/C11H6F3NO2S2/c12-11(13,14)8-2-1-6(5-7(8)9(16)17)19-10-15-3-4-18-10/h1-5H,(H,16,17). The van der Waals surface area contributed by atoms with Gasteiger partial charge >= 0.3 is 12.1 Å². The van der Waals surface area contributed by atoms with E-state index in [0.717, 1.165) is 23.9 Å². The van der Waals surface area contributed by atoms with Crippen molar-refractivity contribution in [2.45, 2.75) is 15.4 Å². The third-order valence-corrected chi connectivity index (χ3v) is 4.01. The van der Waals surface area contributed by atoms with Crippen LogP contribution in [0.1, 0.15) is 15.9 Å². The molecule has 0 aliphatic carbocycles. The maximum Gasteiger partial charge on any atom is 0.417 e. The quantitative estimate of drug-likeness (QED) is 0.931. The number of hydrogen-bond acceptors (Lipinski definition) is 4. The molecule has 1 heterocycles. The van der Waals surface area contributed by atoms with Crippen LogP contribution in [0.5, 0.6) is 0 Å². The Kier molecular flexibility index (Phi) is 3.81. The van der Waals surface area contributed by atoms with Gasteiger partial charge in [-0.3, -0.25) is 0 Å². The highest BCUT2D eigenvalue weighted by molar-refractivity contribution is 8.01. The van der Waals surface area contributed by atoms with Crippen LogP contribution in [0.4, 0.5) is 13.2 Å². The summed E-state index contributed by atoms with van der Waals surface area (Å²) in [5.41, 5.74) is -1.91. The SMILES string of the molecule is O=C(O)c1cc(Sc2nccs2)ccc1C(F)(F)F. The van der Waals surface area contributed by atoms with Gasteiger partial charge in [0.15, 0.2) is 4.34 Å². The van der Waals surface area contributed by atoms with Gasteiger partial charge in [0, 0.05) is 16.5 Å². The first-order chi connectivity index (χ1) is 8.88. The lowest BCUT2D eigenvalue weighted by Crippen LogP contribution is -2.12. The zero-order chi connectivity index (χ0) is 14.0. The Morgan fingerprint density at radius 1 is 1.37 bits per heavy atom. The minimum atomic E-state index is -4.68. The number of nitrogens with zero attached hydrogens (tertiary/aromatic N) is 1. The largest absolute Gasteiger partial charge is 0.478 e. The molecule has 0 bridgehead atoms. The topological polar surface area (TPSA) is 50.2 Å². The predicted octanol–water partition coefficient (Wildman–Crippen LogP) is 4.01. The molecular weight excluding hydrogens is 299 g/mol. The summed E-state index contributed by atoms with van der Waals surface area (Å²) in [6.45, 7) is 0. The normalized spacial score (nSPS) is 11.5. The number of rotatable bonds is 3. The average Bonchev–Trinajstić information content (AvgIpc) is 2.80. The van der Waals surface area contributed by atoms with Crippen molar-refractivity contribution in [1.29, 1.82) is 0 Å². The molecule has 0 aliphatic rings. The molecule has 100 valence electrons. The van der Waals surface area contributed by atoms with Gasteiger partial charge in [-0.05, 0) is 18.2 Å². The molecule has 0 atom stereocenters. The molecule has 0 aliphatic heterocycles. The smallest absolute Gasteiger partial charge is 0.417 e. The molecule has 8 heteroatoms. The van der Waals surface area contributed by atoms with E-state index >= 15 is 0 Å². The van der Waals surface area contributed by atoms with Crippen LogP contribution >= 0.6 is 23.1 Å². The van der Waals surface area contributed by atoms with Crippen LogP contribution in [0.2, 0.25) is 0 Å². The van der Waals surface area contributed by atoms with Gasteiger partial charge in [-0.1, -0.05) is 11.8 Å². The monoisotopic (exact) mass is 305 g/mol. The number of hydrogen-bond donors (Lipinski definition) is 1. The fraction of sp³-hybridized carbons (Fsp3) is 0.0909. The zero-order valence-electron chi connectivity index (χ0n) is 9.14. The Bertz CT molecular complexity index is 596. The second kappa shape index (κ2) is 5.22. The maximum atomic E-state index is 12.6. The maximum absolute atomic E-state index is 12.6. The highest BCUT2D eigenvalue weighted by Crippen LogP contribution is 2.36. The summed E-state index contributed by atoms with van der Waals surface area (Å²) in [6, 6.07) is 3.03. The first-order valence-electron chi connectivity index (χ1n) is 4.90. The van der Waals surface area contributed by atoms with Crippen LogP contribution in [-0.2, 0) is 6.18 Å². The molecule has 0 amide bonds. The molecule has 2 rings (SSSR count). The molecule has 0 saturated carbocycles. The van der Waals surface area contributed by atoms with Crippen LogP contribution in [0, 0.1) is 0 Å². The first-order valence-corrected chi connectivity index (χ1v) is 6.59. The average molecular weight is 305 g/mol. The first kappa shape index (κ1) is 13.9. The van der Waals surface area contributed by atoms with Crippen LogP contribution in [0.3, 0.4) is 0 Å². The highest BCUT2D eigenvalue weighted by Gasteiger charge is 2.35. The van der Waals surface area contributed by atoms with Crippen molar-refractivity contribution in [2.24, 2.45) is 0 Å². The summed E-state index contributed by atoms with van der Waals surface area (Å²) in [5.74, 6) is -1.60. The third kappa shape index (κ3) is 3.27. The highest BCUT2D eigenvalue weighted by atomic mass is 32.2. The van der Waals surface area contributed by atoms with Gasteiger partial charge in [-0.25, -0.2) is 9.78 Å². The van der Waals surface area contributed by atoms with Crippen LogP contribution < -0.4 is 0 Å². The molecule has 0 unspecified atom stereocenters. The fourth-order valence-electron chi connectivity index (χ4n) is 1.37. The number of thiazole rings is 1. The van der Waals surface area contributed by atoms with E-state index in [1.807, 2.05) is 0 Å². The van der Waals surface area contributed by atoms with Crippen LogP contribution in [0.15, 0.2) is 39.0 Å². The van der Waals surface area contributed by atoms with E-state index in [4.69, 9.17) is 5.11 Å². The summed E-state index contributed by atoms with van der Waals surface area (Å²) in [6.07, 6.45) is -3.12. The van der Waals surface area contributed by atoms with Gasteiger partial charge in [0.2, 0.25) is 0 Å². The molecule has 3 nitrogen and oxygen atoms in total. The van der Waals surface area contributed by atoms with Gasteiger partial charge in [0.1, 0.15) is 0 Å². The molecule has 2 aromatic rings. The van der Waals surface area contributed by atoms with Crippen molar-refractivity contribution in [3.05, 3.63) is 40.9 Å². The lowest BCUT2D eigenvalue weighted by molar-refractivity contribution is -0.138. The molecule has 0 radical (unpaired) electrons. The number of alkyl halides is 3. The molecule has 1 N–H and O–H groups in total. The van der Waals surface area contributed by atoms with E-state index in [0.29, 0.717) is 9.24 Å². The number of carbonyl (C=O) groups is 1. The lowest BCUT2D eigenvalue weighted by Gasteiger charge is -2.11. The summed E-state index contributed by atoms with van der Waals surface area (Å²) in [7, 11) is 0. The van der Waals surface area contributed by atoms with E-state index in [1.54, 1.807) is 11.6 Å². The summed E-state index contributed by atoms with van der Waals surface area (Å²) < 4.78 is 38.5. The molecule has 1 aromatic carbocycles. The Morgan fingerprint density at radius 2 is 2.11 bits per heavy atom. The summed E-state index contributed by atoms with van der Waals surface area (Å²) >= 11 is 2.45. The Hall–Kier alpha value is -1.54. The Labute approximate surface area is 114 Å². The van der Waals surface area contributed by atoms with Gasteiger partial charge in [-0.2, -0.15) is 13.2 Å². The summed E-state index contributed by atoms with van der Waals surface area (Å²) in [5, 5.41) is 10.6. The fourth-order valence-corrected chi connectivity index (χ4v) is 3.01. The summed E-state index contributed by atoms with van der Waals surface area (Å²) in [4.78, 5) is 15.3. The second-order valence-corrected chi connectivity index (χ2v) is 5.63. The molecule has 19 heavy (non-hydrogen) atoms. The molecule has 0 spiro atoms. The van der Waals surface area contributed by atoms with Crippen molar-refractivity contribution in [3.63, 3.8) is 0 Å². The number of carboxylic acids is 1. The van der Waals surface area contributed by atoms with E-state index in [2.05, 4.69) is 4.98 Å². The second-order valence-electron chi connectivity index (χ2n) is 3.41. The molecular formula is C11H6F3NO2S2. The minimum Gasteiger partial charge on any atom is -0.478 e. The number of benzene rings is 1. The Morgan fingerprint density at radius 3 is 2.63 bits per heavy atom. The number of aromatic carboxylic acids is 1. The van der Waals surface area contributed by atoms with Crippen molar-refractivity contribution in [2.75, 3.05) is 0 Å². The third-order valence-electron chi connectivity index (χ3n) is 2.14. The van der Waals surface area contributed by atoms with Gasteiger partial charge in [-0.15, -0.1) is 11.3 Å². The van der Waals surface area contributed by atoms with Crippen molar-refractivity contribution in [1.82, 2.24) is 4.98 Å². The lowest BCUT2D eigenvalue weighted by atomic mass is 10.1. The van der Waals surface area contributed by atoms with Gasteiger partial charge < -0.3 is 5.11 Å². The van der Waals surface area contributed by atoms with Crippen molar-refractivity contribution >= 4 is 29.1 Å². The van der Waals surface area contributed by atoms with E-state index in [-0.39, 0.29) is 0 Å². The number of halogens is 3. The van der Waals surface area contributed by atoms with Crippen molar-refractivity contribution < 1.29 is 23.1 Å². The van der Waals surface area contributed by atoms with E-state index in [9.17, 15) is 18.0 Å². The molecule has 1 aromatic heterocycles. The van der Waals surface area contributed by atoms with Gasteiger partial charge in [0.25, 0.3) is 0 Å². The van der Waals surface area contributed by atoms with E-state index in [1.165, 1.54) is 17.4 Å². The van der Waals surface area contributed by atoms with Gasteiger partial charge in [0.05, 0.1) is 11.1 Å². The predicted molar refractivity (Wildman–Crippen MR) is 64.6 cm³/mol. The van der Waals surface area contributed by atoms with Crippen LogP contribution in [0.25, 0.3) is 0 Å². The Balaban J connectivity index is 2.39.